The molecule has 0 radical (unpaired) electrons. The molecule has 0 saturated heterocycles. The first-order valence-electron chi connectivity index (χ1n) is 5.83. The number of hydrogen-bond donors (Lipinski definition) is 0. The van der Waals surface area contributed by atoms with Gasteiger partial charge in [0.2, 0.25) is 0 Å². The van der Waals surface area contributed by atoms with Gasteiger partial charge in [0.1, 0.15) is 11.5 Å². The van der Waals surface area contributed by atoms with Crippen LogP contribution in [-0.2, 0) is 11.3 Å². The van der Waals surface area contributed by atoms with Gasteiger partial charge in [0.15, 0.2) is 0 Å². The summed E-state index contributed by atoms with van der Waals surface area (Å²) >= 11 is 0. The van der Waals surface area contributed by atoms with Gasteiger partial charge in [0.05, 0.1) is 6.08 Å². The molecule has 2 aromatic rings. The molecular weight excluding hydrogens is 242 g/mol. The van der Waals surface area contributed by atoms with Crippen LogP contribution in [0, 0.1) is 10.1 Å². The normalized spacial score (nSPS) is 11.1. The second-order valence-electron chi connectivity index (χ2n) is 3.92. The highest BCUT2D eigenvalue weighted by Gasteiger charge is 2.12. The first-order chi connectivity index (χ1) is 9.25. The van der Waals surface area contributed by atoms with Crippen molar-refractivity contribution in [3.63, 3.8) is 0 Å². The quantitative estimate of drug-likeness (QED) is 0.467. The molecule has 0 amide bonds. The smallest absolute Gasteiger partial charge is 0.428 e. The largest absolute Gasteiger partial charge is 0.436 e. The van der Waals surface area contributed by atoms with Crippen molar-refractivity contribution in [1.82, 2.24) is 0 Å². The van der Waals surface area contributed by atoms with Gasteiger partial charge in [-0.1, -0.05) is 60.7 Å². The third-order valence-corrected chi connectivity index (χ3v) is 2.50. The van der Waals surface area contributed by atoms with Gasteiger partial charge in [-0.05, 0) is 11.1 Å². The lowest BCUT2D eigenvalue weighted by molar-refractivity contribution is -0.463. The van der Waals surface area contributed by atoms with E-state index in [0.717, 1.165) is 11.1 Å². The van der Waals surface area contributed by atoms with Crippen molar-refractivity contribution in [3.8, 4) is 0 Å². The van der Waals surface area contributed by atoms with Crippen LogP contribution < -0.4 is 0 Å². The fourth-order valence-corrected chi connectivity index (χ4v) is 1.57. The summed E-state index contributed by atoms with van der Waals surface area (Å²) in [6.07, 6.45) is 1.42. The average molecular weight is 255 g/mol. The van der Waals surface area contributed by atoms with Gasteiger partial charge in [-0.15, -0.1) is 0 Å². The van der Waals surface area contributed by atoms with Gasteiger partial charge in [-0.25, -0.2) is 0 Å². The summed E-state index contributed by atoms with van der Waals surface area (Å²) in [4.78, 5) is 10.4. The molecule has 19 heavy (non-hydrogen) atoms. The summed E-state index contributed by atoms with van der Waals surface area (Å²) in [6, 6.07) is 18.4. The molecule has 0 spiro atoms. The summed E-state index contributed by atoms with van der Waals surface area (Å²) in [5.41, 5.74) is 1.63. The Balaban J connectivity index is 2.09. The molecule has 0 aliphatic carbocycles. The van der Waals surface area contributed by atoms with Crippen molar-refractivity contribution in [2.45, 2.75) is 6.61 Å². The van der Waals surface area contributed by atoms with Gasteiger partial charge in [-0.3, -0.25) is 10.1 Å². The second kappa shape index (κ2) is 6.35. The fraction of sp³-hybridized carbons (Fsp3) is 0.0667. The summed E-state index contributed by atoms with van der Waals surface area (Å²) in [5.74, 6) is -0.255. The molecule has 2 rings (SSSR count). The SMILES string of the molecule is O=[N+]([O-])C(=Cc1ccccc1)OCc1ccccc1. The van der Waals surface area contributed by atoms with E-state index in [9.17, 15) is 10.1 Å². The van der Waals surface area contributed by atoms with Gasteiger partial charge in [-0.2, -0.15) is 0 Å². The third-order valence-electron chi connectivity index (χ3n) is 2.50. The van der Waals surface area contributed by atoms with Crippen LogP contribution in [0.15, 0.2) is 66.5 Å². The van der Waals surface area contributed by atoms with Crippen LogP contribution in [0.5, 0.6) is 0 Å². The molecule has 96 valence electrons. The van der Waals surface area contributed by atoms with Gasteiger partial charge < -0.3 is 4.74 Å². The van der Waals surface area contributed by atoms with E-state index < -0.39 is 4.92 Å². The zero-order valence-corrected chi connectivity index (χ0v) is 10.2. The molecule has 0 unspecified atom stereocenters. The molecule has 0 aliphatic rings. The molecule has 0 saturated carbocycles. The lowest BCUT2D eigenvalue weighted by atomic mass is 10.2. The Morgan fingerprint density at radius 1 is 1.05 bits per heavy atom. The standard InChI is InChI=1S/C15H13NO3/c17-16(18)15(11-13-7-3-1-4-8-13)19-12-14-9-5-2-6-10-14/h1-11H,12H2. The Morgan fingerprint density at radius 2 is 1.63 bits per heavy atom. The maximum atomic E-state index is 10.9. The Labute approximate surface area is 111 Å². The first kappa shape index (κ1) is 12.8. The summed E-state index contributed by atoms with van der Waals surface area (Å²) in [7, 11) is 0. The number of hydrogen-bond acceptors (Lipinski definition) is 3. The van der Waals surface area contributed by atoms with E-state index in [-0.39, 0.29) is 12.5 Å². The third kappa shape index (κ3) is 3.96. The molecule has 0 bridgehead atoms. The molecule has 4 heteroatoms. The summed E-state index contributed by atoms with van der Waals surface area (Å²) in [6.45, 7) is 0.181. The van der Waals surface area contributed by atoms with E-state index in [1.54, 1.807) is 12.1 Å². The predicted molar refractivity (Wildman–Crippen MR) is 72.6 cm³/mol. The second-order valence-corrected chi connectivity index (χ2v) is 3.92. The highest BCUT2D eigenvalue weighted by molar-refractivity contribution is 5.49. The molecule has 0 aliphatic heterocycles. The van der Waals surface area contributed by atoms with Crippen LogP contribution in [0.25, 0.3) is 6.08 Å². The minimum atomic E-state index is -0.518. The molecule has 0 atom stereocenters. The van der Waals surface area contributed by atoms with Gasteiger partial charge >= 0.3 is 5.88 Å². The Bertz CT molecular complexity index is 564. The van der Waals surface area contributed by atoms with Crippen LogP contribution in [0.1, 0.15) is 11.1 Å². The highest BCUT2D eigenvalue weighted by atomic mass is 16.7. The minimum Gasteiger partial charge on any atom is -0.436 e. The van der Waals surface area contributed by atoms with E-state index in [1.807, 2.05) is 48.5 Å². The summed E-state index contributed by atoms with van der Waals surface area (Å²) in [5, 5.41) is 10.9. The Morgan fingerprint density at radius 3 is 2.21 bits per heavy atom. The lowest BCUT2D eigenvalue weighted by Crippen LogP contribution is -2.03. The molecular formula is C15H13NO3. The Hall–Kier alpha value is -2.62. The first-order valence-corrected chi connectivity index (χ1v) is 5.83. The van der Waals surface area contributed by atoms with Crippen molar-refractivity contribution in [2.24, 2.45) is 0 Å². The van der Waals surface area contributed by atoms with Gasteiger partial charge in [0.25, 0.3) is 0 Å². The average Bonchev–Trinajstić information content (AvgIpc) is 2.45. The van der Waals surface area contributed by atoms with E-state index in [4.69, 9.17) is 4.74 Å². The van der Waals surface area contributed by atoms with Crippen LogP contribution in [0.3, 0.4) is 0 Å². The summed E-state index contributed by atoms with van der Waals surface area (Å²) < 4.78 is 5.26. The molecule has 2 aromatic carbocycles. The van der Waals surface area contributed by atoms with Crippen molar-refractivity contribution in [2.75, 3.05) is 0 Å². The van der Waals surface area contributed by atoms with Crippen LogP contribution in [0.4, 0.5) is 0 Å². The monoisotopic (exact) mass is 255 g/mol. The molecule has 0 heterocycles. The maximum absolute atomic E-state index is 10.9. The van der Waals surface area contributed by atoms with Gasteiger partial charge in [0, 0.05) is 0 Å². The van der Waals surface area contributed by atoms with Crippen molar-refractivity contribution < 1.29 is 9.66 Å². The molecule has 0 N–H and O–H groups in total. The molecule has 0 fully saturated rings. The van der Waals surface area contributed by atoms with Crippen LogP contribution in [0.2, 0.25) is 0 Å². The zero-order chi connectivity index (χ0) is 13.5. The van der Waals surface area contributed by atoms with E-state index >= 15 is 0 Å². The van der Waals surface area contributed by atoms with E-state index in [0.29, 0.717) is 0 Å². The number of nitro groups is 1. The van der Waals surface area contributed by atoms with E-state index in [2.05, 4.69) is 0 Å². The molecule has 4 nitrogen and oxygen atoms in total. The number of nitrogens with zero attached hydrogens (tertiary/aromatic N) is 1. The van der Waals surface area contributed by atoms with Crippen molar-refractivity contribution in [3.05, 3.63) is 87.8 Å². The van der Waals surface area contributed by atoms with Crippen LogP contribution in [-0.4, -0.2) is 4.92 Å². The number of ether oxygens (including phenoxy) is 1. The molecule has 0 aromatic heterocycles. The van der Waals surface area contributed by atoms with Crippen molar-refractivity contribution in [1.29, 1.82) is 0 Å². The highest BCUT2D eigenvalue weighted by Crippen LogP contribution is 2.11. The predicted octanol–water partition coefficient (Wildman–Crippen LogP) is 3.48. The maximum Gasteiger partial charge on any atom is 0.428 e. The fourth-order valence-electron chi connectivity index (χ4n) is 1.57. The topological polar surface area (TPSA) is 52.4 Å². The lowest BCUT2D eigenvalue weighted by Gasteiger charge is -2.03. The Kier molecular flexibility index (Phi) is 4.29. The number of rotatable bonds is 5. The van der Waals surface area contributed by atoms with Crippen molar-refractivity contribution >= 4 is 6.08 Å². The zero-order valence-electron chi connectivity index (χ0n) is 10.2. The van der Waals surface area contributed by atoms with Crippen LogP contribution >= 0.6 is 0 Å². The minimum absolute atomic E-state index is 0.181. The number of benzene rings is 2. The van der Waals surface area contributed by atoms with E-state index in [1.165, 1.54) is 6.08 Å².